The Labute approximate surface area is 150 Å². The summed E-state index contributed by atoms with van der Waals surface area (Å²) in [7, 11) is 0. The largest absolute Gasteiger partial charge is 0.290 e. The topological polar surface area (TPSA) is 101 Å². The van der Waals surface area contributed by atoms with E-state index in [0.29, 0.717) is 10.7 Å². The Morgan fingerprint density at radius 2 is 2.00 bits per heavy atom. The monoisotopic (exact) mass is 369 g/mol. The summed E-state index contributed by atoms with van der Waals surface area (Å²) in [5.41, 5.74) is 1.99. The van der Waals surface area contributed by atoms with Crippen molar-refractivity contribution in [1.82, 2.24) is 25.9 Å². The van der Waals surface area contributed by atoms with E-state index >= 15 is 0 Å². The fraction of sp³-hybridized carbons (Fsp3) is 0.0625. The van der Waals surface area contributed by atoms with Crippen LogP contribution in [-0.2, 0) is 11.2 Å². The van der Waals surface area contributed by atoms with Gasteiger partial charge in [0.15, 0.2) is 5.82 Å². The van der Waals surface area contributed by atoms with Crippen molar-refractivity contribution < 1.29 is 9.59 Å². The van der Waals surface area contributed by atoms with Crippen LogP contribution in [0.15, 0.2) is 41.3 Å². The second-order valence-corrected chi connectivity index (χ2v) is 7.44. The van der Waals surface area contributed by atoms with Crippen molar-refractivity contribution in [3.05, 3.63) is 56.6 Å². The van der Waals surface area contributed by atoms with Crippen molar-refractivity contribution in [2.24, 2.45) is 0 Å². The van der Waals surface area contributed by atoms with Gasteiger partial charge >= 0.3 is 0 Å². The van der Waals surface area contributed by atoms with E-state index in [2.05, 4.69) is 38.1 Å². The first-order valence-electron chi connectivity index (χ1n) is 7.34. The molecule has 25 heavy (non-hydrogen) atoms. The van der Waals surface area contributed by atoms with Gasteiger partial charge in [0, 0.05) is 21.7 Å². The minimum Gasteiger partial charge on any atom is -0.282 e. The van der Waals surface area contributed by atoms with Crippen molar-refractivity contribution in [3.63, 3.8) is 0 Å². The molecule has 2 amide bonds. The number of hydrogen-bond acceptors (Lipinski definition) is 7. The molecule has 2 N–H and O–H groups in total. The minimum atomic E-state index is -0.380. The molecule has 1 fully saturated rings. The molecule has 3 heterocycles. The lowest BCUT2D eigenvalue weighted by molar-refractivity contribution is -0.115. The third-order valence-corrected chi connectivity index (χ3v) is 5.43. The lowest BCUT2D eigenvalue weighted by atomic mass is 10.1. The second kappa shape index (κ2) is 6.61. The number of rotatable bonds is 4. The van der Waals surface area contributed by atoms with Crippen LogP contribution in [0.1, 0.15) is 15.3 Å². The molecule has 0 aliphatic carbocycles. The highest BCUT2D eigenvalue weighted by atomic mass is 32.2. The Bertz CT molecular complexity index is 964. The van der Waals surface area contributed by atoms with Gasteiger partial charge in [-0.1, -0.05) is 30.3 Å². The number of amides is 2. The van der Waals surface area contributed by atoms with E-state index in [9.17, 15) is 9.59 Å². The zero-order valence-electron chi connectivity index (χ0n) is 12.7. The van der Waals surface area contributed by atoms with Crippen LogP contribution in [0.25, 0.3) is 17.5 Å². The molecule has 3 aromatic rings. The number of benzene rings is 1. The second-order valence-electron chi connectivity index (χ2n) is 5.26. The zero-order valence-corrected chi connectivity index (χ0v) is 14.4. The maximum absolute atomic E-state index is 11.8. The van der Waals surface area contributed by atoms with E-state index in [1.807, 2.05) is 24.3 Å². The molecule has 124 valence electrons. The summed E-state index contributed by atoms with van der Waals surface area (Å²) < 4.78 is 0. The van der Waals surface area contributed by atoms with E-state index in [4.69, 9.17) is 0 Å². The Hall–Kier alpha value is -2.78. The van der Waals surface area contributed by atoms with E-state index in [1.54, 1.807) is 17.4 Å². The third kappa shape index (κ3) is 3.37. The molecule has 0 bridgehead atoms. The summed E-state index contributed by atoms with van der Waals surface area (Å²) >= 11 is 2.44. The molecular weight excluding hydrogens is 358 g/mol. The van der Waals surface area contributed by atoms with Crippen molar-refractivity contribution in [2.45, 2.75) is 6.42 Å². The quantitative estimate of drug-likeness (QED) is 0.686. The number of H-pyrrole nitrogens is 1. The lowest BCUT2D eigenvalue weighted by Gasteiger charge is -1.96. The van der Waals surface area contributed by atoms with Crippen LogP contribution in [-0.4, -0.2) is 31.8 Å². The number of hydrogen-bond donors (Lipinski definition) is 2. The number of carbonyl (C=O) groups excluding carboxylic acids is 2. The highest BCUT2D eigenvalue weighted by Gasteiger charge is 2.26. The Morgan fingerprint density at radius 1 is 1.16 bits per heavy atom. The molecule has 7 nitrogen and oxygen atoms in total. The number of thioether (sulfide) groups is 1. The Kier molecular flexibility index (Phi) is 4.16. The summed E-state index contributed by atoms with van der Waals surface area (Å²) in [6.45, 7) is 0. The average Bonchev–Trinajstić information content (AvgIpc) is 3.30. The van der Waals surface area contributed by atoms with E-state index in [0.717, 1.165) is 33.5 Å². The summed E-state index contributed by atoms with van der Waals surface area (Å²) in [6, 6.07) is 12.1. The van der Waals surface area contributed by atoms with E-state index in [1.165, 1.54) is 5.56 Å². The Morgan fingerprint density at radius 3 is 2.68 bits per heavy atom. The van der Waals surface area contributed by atoms with E-state index in [-0.39, 0.29) is 11.1 Å². The van der Waals surface area contributed by atoms with Gasteiger partial charge in [-0.3, -0.25) is 14.9 Å². The third-order valence-electron chi connectivity index (χ3n) is 3.54. The lowest BCUT2D eigenvalue weighted by Crippen LogP contribution is -2.17. The predicted molar refractivity (Wildman–Crippen MR) is 95.8 cm³/mol. The van der Waals surface area contributed by atoms with Gasteiger partial charge in [0.1, 0.15) is 0 Å². The maximum Gasteiger partial charge on any atom is 0.290 e. The number of nitrogens with one attached hydrogen (secondary N) is 2. The molecule has 0 radical (unpaired) electrons. The van der Waals surface area contributed by atoms with Crippen LogP contribution in [0.3, 0.4) is 0 Å². The van der Waals surface area contributed by atoms with Crippen LogP contribution in [0.4, 0.5) is 4.79 Å². The first-order valence-corrected chi connectivity index (χ1v) is 8.98. The number of imide groups is 1. The molecule has 2 aromatic heterocycles. The highest BCUT2D eigenvalue weighted by molar-refractivity contribution is 8.18. The Balaban J connectivity index is 1.73. The summed E-state index contributed by atoms with van der Waals surface area (Å²) in [5, 5.41) is 15.8. The first-order chi connectivity index (χ1) is 12.2. The van der Waals surface area contributed by atoms with Crippen LogP contribution < -0.4 is 5.32 Å². The van der Waals surface area contributed by atoms with Gasteiger partial charge in [-0.15, -0.1) is 16.4 Å². The molecule has 9 heteroatoms. The first kappa shape index (κ1) is 15.7. The molecule has 0 spiro atoms. The van der Waals surface area contributed by atoms with Crippen LogP contribution in [0.2, 0.25) is 0 Å². The number of thiophene rings is 1. The van der Waals surface area contributed by atoms with Crippen molar-refractivity contribution in [1.29, 1.82) is 0 Å². The van der Waals surface area contributed by atoms with Gasteiger partial charge in [0.05, 0.1) is 4.91 Å². The summed E-state index contributed by atoms with van der Waals surface area (Å²) in [4.78, 5) is 25.5. The van der Waals surface area contributed by atoms with Gasteiger partial charge in [0.2, 0.25) is 0 Å². The molecule has 0 saturated carbocycles. The fourth-order valence-corrected chi connectivity index (χ4v) is 4.33. The van der Waals surface area contributed by atoms with Crippen molar-refractivity contribution >= 4 is 40.3 Å². The van der Waals surface area contributed by atoms with Gasteiger partial charge in [-0.05, 0) is 39.9 Å². The van der Waals surface area contributed by atoms with Crippen molar-refractivity contribution in [3.8, 4) is 11.4 Å². The van der Waals surface area contributed by atoms with Crippen molar-refractivity contribution in [2.75, 3.05) is 0 Å². The molecule has 1 aliphatic heterocycles. The zero-order chi connectivity index (χ0) is 17.2. The molecule has 1 aliphatic rings. The minimum absolute atomic E-state index is 0.361. The smallest absolute Gasteiger partial charge is 0.282 e. The molecule has 0 atom stereocenters. The van der Waals surface area contributed by atoms with Gasteiger partial charge in [-0.25, -0.2) is 5.10 Å². The van der Waals surface area contributed by atoms with Gasteiger partial charge < -0.3 is 0 Å². The highest BCUT2D eigenvalue weighted by Crippen LogP contribution is 2.35. The summed E-state index contributed by atoms with van der Waals surface area (Å²) in [6.07, 6.45) is 2.48. The number of carbonyl (C=O) groups is 2. The number of nitrogens with zero attached hydrogens (tertiary/aromatic N) is 3. The summed E-state index contributed by atoms with van der Waals surface area (Å²) in [5.74, 6) is 0.145. The number of tetrazole rings is 1. The van der Waals surface area contributed by atoms with Crippen LogP contribution in [0, 0.1) is 0 Å². The maximum atomic E-state index is 11.8. The van der Waals surface area contributed by atoms with Crippen LogP contribution in [0.5, 0.6) is 0 Å². The van der Waals surface area contributed by atoms with E-state index < -0.39 is 0 Å². The SMILES string of the molecule is O=C1NC(=O)/C(=C\c2sc(Cc3ccccc3)cc2-c2nnn[nH]2)S1. The number of aromatic amines is 1. The molecule has 1 saturated heterocycles. The van der Waals surface area contributed by atoms with Crippen LogP contribution >= 0.6 is 23.1 Å². The number of aromatic nitrogens is 4. The van der Waals surface area contributed by atoms with Gasteiger partial charge in [-0.2, -0.15) is 0 Å². The van der Waals surface area contributed by atoms with Gasteiger partial charge in [0.25, 0.3) is 11.1 Å². The molecule has 1 aromatic carbocycles. The molecule has 4 rings (SSSR count). The standard InChI is InChI=1S/C16H11N5O2S2/c22-15-13(25-16(23)17-15)8-12-11(14-18-20-21-19-14)7-10(24-12)6-9-4-2-1-3-5-9/h1-5,7-8H,6H2,(H,17,22,23)(H,18,19,20,21)/b13-8+. The fourth-order valence-electron chi connectivity index (χ4n) is 2.45. The predicted octanol–water partition coefficient (Wildman–Crippen LogP) is 2.84. The molecule has 0 unspecified atom stereocenters. The normalized spacial score (nSPS) is 15.8. The average molecular weight is 369 g/mol. The molecular formula is C16H11N5O2S2.